The van der Waals surface area contributed by atoms with E-state index in [9.17, 15) is 9.59 Å². The van der Waals surface area contributed by atoms with E-state index < -0.39 is 5.97 Å². The van der Waals surface area contributed by atoms with Gasteiger partial charge in [0.2, 0.25) is 0 Å². The van der Waals surface area contributed by atoms with Gasteiger partial charge in [0.1, 0.15) is 11.5 Å². The molecule has 224 valence electrons. The van der Waals surface area contributed by atoms with Crippen LogP contribution < -0.4 is 9.47 Å². The number of carbonyl (C=O) groups excluding carboxylic acids is 2. The van der Waals surface area contributed by atoms with Gasteiger partial charge in [-0.2, -0.15) is 0 Å². The Labute approximate surface area is 251 Å². The molecule has 0 saturated heterocycles. The minimum atomic E-state index is -0.412. The van der Waals surface area contributed by atoms with Crippen LogP contribution in [-0.2, 0) is 16.0 Å². The first-order valence-electron chi connectivity index (χ1n) is 15.3. The molecule has 2 aromatic carbocycles. The Morgan fingerprint density at radius 2 is 1.38 bits per heavy atom. The summed E-state index contributed by atoms with van der Waals surface area (Å²) >= 11 is 0. The molecule has 1 heterocycles. The average molecular weight is 572 g/mol. The minimum Gasteiger partial charge on any atom is -0.494 e. The van der Waals surface area contributed by atoms with Crippen molar-refractivity contribution < 1.29 is 23.8 Å². The van der Waals surface area contributed by atoms with E-state index in [4.69, 9.17) is 14.2 Å². The van der Waals surface area contributed by atoms with E-state index in [-0.39, 0.29) is 5.97 Å². The van der Waals surface area contributed by atoms with Crippen LogP contribution >= 0.6 is 0 Å². The van der Waals surface area contributed by atoms with Crippen LogP contribution in [0.4, 0.5) is 0 Å². The minimum absolute atomic E-state index is 0.324. The number of ether oxygens (including phenoxy) is 3. The van der Waals surface area contributed by atoms with Crippen molar-refractivity contribution in [1.29, 1.82) is 0 Å². The van der Waals surface area contributed by atoms with Gasteiger partial charge in [-0.1, -0.05) is 64.5 Å². The highest BCUT2D eigenvalue weighted by molar-refractivity contribution is 5.91. The van der Waals surface area contributed by atoms with Gasteiger partial charge in [-0.15, -0.1) is 0 Å². The van der Waals surface area contributed by atoms with E-state index in [2.05, 4.69) is 30.6 Å². The molecule has 0 unspecified atom stereocenters. The van der Waals surface area contributed by atoms with Gasteiger partial charge in [-0.3, -0.25) is 4.98 Å². The van der Waals surface area contributed by atoms with Gasteiger partial charge >= 0.3 is 11.9 Å². The zero-order chi connectivity index (χ0) is 30.0. The molecule has 42 heavy (non-hydrogen) atoms. The Morgan fingerprint density at radius 3 is 2.05 bits per heavy atom. The predicted molar refractivity (Wildman–Crippen MR) is 168 cm³/mol. The van der Waals surface area contributed by atoms with E-state index >= 15 is 0 Å². The summed E-state index contributed by atoms with van der Waals surface area (Å²) in [6.45, 7) is 8.50. The topological polar surface area (TPSA) is 74.7 Å². The largest absolute Gasteiger partial charge is 0.494 e. The first-order valence-corrected chi connectivity index (χ1v) is 15.3. The van der Waals surface area contributed by atoms with Crippen molar-refractivity contribution in [1.82, 2.24) is 4.98 Å². The first-order chi connectivity index (χ1) is 20.5. The molecular weight excluding hydrogens is 526 g/mol. The molecular formula is C36H45NO5. The highest BCUT2D eigenvalue weighted by Gasteiger charge is 2.10. The first kappa shape index (κ1) is 32.6. The molecule has 6 heteroatoms. The molecule has 0 aliphatic heterocycles. The van der Waals surface area contributed by atoms with Gasteiger partial charge in [0.05, 0.1) is 24.5 Å². The summed E-state index contributed by atoms with van der Waals surface area (Å²) in [6.07, 6.45) is 14.3. The van der Waals surface area contributed by atoms with Gasteiger partial charge in [0.15, 0.2) is 0 Å². The fourth-order valence-corrected chi connectivity index (χ4v) is 4.44. The number of rotatable bonds is 19. The number of aryl methyl sites for hydroxylation is 1. The second kappa shape index (κ2) is 18.5. The van der Waals surface area contributed by atoms with Gasteiger partial charge < -0.3 is 14.2 Å². The average Bonchev–Trinajstić information content (AvgIpc) is 3.01. The lowest BCUT2D eigenvalue weighted by Gasteiger charge is -2.09. The second-order valence-electron chi connectivity index (χ2n) is 10.7. The number of pyridine rings is 1. The van der Waals surface area contributed by atoms with Crippen LogP contribution in [0.5, 0.6) is 11.5 Å². The number of benzene rings is 2. The molecule has 0 spiro atoms. The summed E-state index contributed by atoms with van der Waals surface area (Å²) in [5.74, 6) is 0.471. The molecule has 0 aliphatic rings. The molecule has 1 aromatic heterocycles. The van der Waals surface area contributed by atoms with Crippen molar-refractivity contribution >= 4 is 11.9 Å². The van der Waals surface area contributed by atoms with E-state index in [1.54, 1.807) is 43.3 Å². The van der Waals surface area contributed by atoms with E-state index in [0.717, 1.165) is 55.5 Å². The van der Waals surface area contributed by atoms with Crippen molar-refractivity contribution in [3.05, 3.63) is 90.1 Å². The summed E-state index contributed by atoms with van der Waals surface area (Å²) in [6, 6.07) is 18.6. The Kier molecular flexibility index (Phi) is 14.3. The Bertz CT molecular complexity index is 1230. The monoisotopic (exact) mass is 571 g/mol. The van der Waals surface area contributed by atoms with Gasteiger partial charge in [-0.05, 0) is 92.8 Å². The molecule has 3 rings (SSSR count). The summed E-state index contributed by atoms with van der Waals surface area (Å²) in [7, 11) is 0. The summed E-state index contributed by atoms with van der Waals surface area (Å²) in [5, 5.41) is 0. The SMILES string of the molecule is C=C(C)C(=O)OCCCCCCCOc1ccc(C(=O)Oc2ccc(-c3ccc(CCCCCCC)cn3)cc2)cc1. The van der Waals surface area contributed by atoms with E-state index in [1.165, 1.54) is 37.7 Å². The Balaban J connectivity index is 1.34. The van der Waals surface area contributed by atoms with Crippen LogP contribution in [0.15, 0.2) is 79.0 Å². The molecule has 0 atom stereocenters. The third-order valence-electron chi connectivity index (χ3n) is 6.98. The van der Waals surface area contributed by atoms with Crippen LogP contribution in [0.25, 0.3) is 11.3 Å². The highest BCUT2D eigenvalue weighted by atomic mass is 16.5. The molecule has 3 aromatic rings. The molecule has 0 amide bonds. The maximum absolute atomic E-state index is 12.6. The van der Waals surface area contributed by atoms with Crippen LogP contribution in [0.3, 0.4) is 0 Å². The van der Waals surface area contributed by atoms with Gasteiger partial charge in [0, 0.05) is 17.3 Å². The van der Waals surface area contributed by atoms with Crippen LogP contribution in [0.1, 0.15) is 94.0 Å². The van der Waals surface area contributed by atoms with Crippen molar-refractivity contribution in [2.75, 3.05) is 13.2 Å². The Morgan fingerprint density at radius 1 is 0.738 bits per heavy atom. The maximum Gasteiger partial charge on any atom is 0.343 e. The smallest absolute Gasteiger partial charge is 0.343 e. The normalized spacial score (nSPS) is 10.7. The molecule has 6 nitrogen and oxygen atoms in total. The summed E-state index contributed by atoms with van der Waals surface area (Å²) in [5.41, 5.74) is 4.05. The van der Waals surface area contributed by atoms with Crippen LogP contribution in [0.2, 0.25) is 0 Å². The van der Waals surface area contributed by atoms with E-state index in [1.807, 2.05) is 18.3 Å². The van der Waals surface area contributed by atoms with Crippen molar-refractivity contribution in [3.8, 4) is 22.8 Å². The molecule has 0 aliphatic carbocycles. The lowest BCUT2D eigenvalue weighted by atomic mass is 10.1. The number of hydrogen-bond donors (Lipinski definition) is 0. The zero-order valence-electron chi connectivity index (χ0n) is 25.2. The third-order valence-corrected chi connectivity index (χ3v) is 6.98. The number of aromatic nitrogens is 1. The number of carbonyl (C=O) groups is 2. The fraction of sp³-hybridized carbons (Fsp3) is 0.417. The number of unbranched alkanes of at least 4 members (excludes halogenated alkanes) is 8. The predicted octanol–water partition coefficient (Wildman–Crippen LogP) is 8.93. The lowest BCUT2D eigenvalue weighted by molar-refractivity contribution is -0.139. The Hall–Kier alpha value is -3.93. The van der Waals surface area contributed by atoms with Gasteiger partial charge in [-0.25, -0.2) is 9.59 Å². The fourth-order valence-electron chi connectivity index (χ4n) is 4.44. The standard InChI is InChI=1S/C36H45NO5/c1-4-5-6-8-11-14-29-15-24-34(37-27-29)30-16-22-33(23-17-30)42-36(39)31-18-20-32(21-19-31)40-25-12-9-7-10-13-26-41-35(38)28(2)3/h15-24,27H,2,4-14,25-26H2,1,3H3. The molecule has 0 radical (unpaired) electrons. The summed E-state index contributed by atoms with van der Waals surface area (Å²) in [4.78, 5) is 28.6. The second-order valence-corrected chi connectivity index (χ2v) is 10.7. The van der Waals surface area contributed by atoms with Gasteiger partial charge in [0.25, 0.3) is 0 Å². The molecule has 0 N–H and O–H groups in total. The van der Waals surface area contributed by atoms with Crippen molar-refractivity contribution in [2.45, 2.75) is 84.5 Å². The molecule has 0 saturated carbocycles. The van der Waals surface area contributed by atoms with E-state index in [0.29, 0.717) is 30.1 Å². The third kappa shape index (κ3) is 11.9. The van der Waals surface area contributed by atoms with Crippen molar-refractivity contribution in [3.63, 3.8) is 0 Å². The lowest BCUT2D eigenvalue weighted by Crippen LogP contribution is -2.08. The molecule has 0 fully saturated rings. The van der Waals surface area contributed by atoms with Crippen LogP contribution in [-0.4, -0.2) is 30.1 Å². The maximum atomic E-state index is 12.6. The number of hydrogen-bond acceptors (Lipinski definition) is 6. The van der Waals surface area contributed by atoms with Crippen molar-refractivity contribution in [2.24, 2.45) is 0 Å². The molecule has 0 bridgehead atoms. The number of esters is 2. The quantitative estimate of drug-likeness (QED) is 0.0619. The number of nitrogens with zero attached hydrogens (tertiary/aromatic N) is 1. The zero-order valence-corrected chi connectivity index (χ0v) is 25.2. The van der Waals surface area contributed by atoms with Crippen LogP contribution in [0, 0.1) is 0 Å². The summed E-state index contributed by atoms with van der Waals surface area (Å²) < 4.78 is 16.5. The highest BCUT2D eigenvalue weighted by Crippen LogP contribution is 2.23.